The minimum Gasteiger partial charge on any atom is -0.382 e. The number of amides is 1. The Morgan fingerprint density at radius 3 is 2.85 bits per heavy atom. The number of methoxy groups -OCH3 is 1. The first-order chi connectivity index (χ1) is 9.77. The molecule has 0 unspecified atom stereocenters. The van der Waals surface area contributed by atoms with Crippen LogP contribution in [0.15, 0.2) is 18.2 Å². The first kappa shape index (κ1) is 16.4. The molecule has 2 N–H and O–H groups in total. The SMILES string of the molecule is CCCNc1cccc(C(=O)NCCOCCOC)n1. The number of hydrogen-bond acceptors (Lipinski definition) is 5. The Balaban J connectivity index is 2.31. The minimum absolute atomic E-state index is 0.194. The van der Waals surface area contributed by atoms with Gasteiger partial charge in [-0.2, -0.15) is 0 Å². The standard InChI is InChI=1S/C14H23N3O3/c1-3-7-15-13-6-4-5-12(17-13)14(18)16-8-9-20-11-10-19-2/h4-6H,3,7-11H2,1-2H3,(H,15,17)(H,16,18). The van der Waals surface area contributed by atoms with Gasteiger partial charge in [0, 0.05) is 20.2 Å². The quantitative estimate of drug-likeness (QED) is 0.632. The molecule has 0 fully saturated rings. The molecule has 0 atom stereocenters. The number of ether oxygens (including phenoxy) is 2. The molecule has 6 heteroatoms. The molecule has 1 rings (SSSR count). The van der Waals surface area contributed by atoms with Crippen LogP contribution < -0.4 is 10.6 Å². The highest BCUT2D eigenvalue weighted by Crippen LogP contribution is 2.04. The van der Waals surface area contributed by atoms with E-state index in [0.717, 1.165) is 18.8 Å². The molecule has 1 aromatic rings. The number of nitrogens with zero attached hydrogens (tertiary/aromatic N) is 1. The van der Waals surface area contributed by atoms with E-state index in [1.807, 2.05) is 12.1 Å². The van der Waals surface area contributed by atoms with Crippen LogP contribution in [0.4, 0.5) is 5.82 Å². The van der Waals surface area contributed by atoms with Gasteiger partial charge in [-0.15, -0.1) is 0 Å². The van der Waals surface area contributed by atoms with Crippen molar-refractivity contribution >= 4 is 11.7 Å². The first-order valence-electron chi connectivity index (χ1n) is 6.83. The summed E-state index contributed by atoms with van der Waals surface area (Å²) in [4.78, 5) is 16.1. The van der Waals surface area contributed by atoms with Crippen LogP contribution in [0.5, 0.6) is 0 Å². The molecule has 0 aliphatic carbocycles. The normalized spacial score (nSPS) is 10.3. The van der Waals surface area contributed by atoms with Crippen molar-refractivity contribution in [2.45, 2.75) is 13.3 Å². The second-order valence-corrected chi connectivity index (χ2v) is 4.20. The molecule has 6 nitrogen and oxygen atoms in total. The van der Waals surface area contributed by atoms with Crippen molar-refractivity contribution in [3.05, 3.63) is 23.9 Å². The van der Waals surface area contributed by atoms with Gasteiger partial charge < -0.3 is 20.1 Å². The average molecular weight is 281 g/mol. The summed E-state index contributed by atoms with van der Waals surface area (Å²) in [6, 6.07) is 5.35. The second kappa shape index (κ2) is 10.2. The van der Waals surface area contributed by atoms with Gasteiger partial charge in [0.1, 0.15) is 11.5 Å². The second-order valence-electron chi connectivity index (χ2n) is 4.20. The molecule has 0 aromatic carbocycles. The number of hydrogen-bond donors (Lipinski definition) is 2. The van der Waals surface area contributed by atoms with E-state index in [0.29, 0.717) is 32.1 Å². The predicted molar refractivity (Wildman–Crippen MR) is 78.0 cm³/mol. The van der Waals surface area contributed by atoms with Crippen molar-refractivity contribution < 1.29 is 14.3 Å². The highest BCUT2D eigenvalue weighted by molar-refractivity contribution is 5.92. The molecule has 20 heavy (non-hydrogen) atoms. The van der Waals surface area contributed by atoms with E-state index in [1.54, 1.807) is 13.2 Å². The number of carbonyl (C=O) groups is 1. The van der Waals surface area contributed by atoms with Crippen molar-refractivity contribution in [2.75, 3.05) is 45.3 Å². The summed E-state index contributed by atoms with van der Waals surface area (Å²) in [6.45, 7) is 4.92. The zero-order valence-corrected chi connectivity index (χ0v) is 12.1. The van der Waals surface area contributed by atoms with Gasteiger partial charge in [0.25, 0.3) is 5.91 Å². The lowest BCUT2D eigenvalue weighted by Crippen LogP contribution is -2.28. The lowest BCUT2D eigenvalue weighted by molar-refractivity contribution is 0.0692. The molecule has 0 saturated carbocycles. The fourth-order valence-electron chi connectivity index (χ4n) is 1.48. The molecule has 112 valence electrons. The molecule has 1 heterocycles. The van der Waals surface area contributed by atoms with Crippen LogP contribution in [0.2, 0.25) is 0 Å². The van der Waals surface area contributed by atoms with Crippen LogP contribution in [-0.2, 0) is 9.47 Å². The lowest BCUT2D eigenvalue weighted by Gasteiger charge is -2.08. The summed E-state index contributed by atoms with van der Waals surface area (Å²) in [5.41, 5.74) is 0.406. The Labute approximate surface area is 119 Å². The van der Waals surface area contributed by atoms with Gasteiger partial charge in [-0.25, -0.2) is 4.98 Å². The highest BCUT2D eigenvalue weighted by atomic mass is 16.5. The average Bonchev–Trinajstić information content (AvgIpc) is 2.48. The number of carbonyl (C=O) groups excluding carboxylic acids is 1. The monoisotopic (exact) mass is 281 g/mol. The molecule has 0 bridgehead atoms. The summed E-state index contributed by atoms with van der Waals surface area (Å²) >= 11 is 0. The molecule has 1 amide bonds. The summed E-state index contributed by atoms with van der Waals surface area (Å²) in [6.07, 6.45) is 1.01. The summed E-state index contributed by atoms with van der Waals surface area (Å²) in [5.74, 6) is 0.524. The molecule has 0 spiro atoms. The van der Waals surface area contributed by atoms with Crippen LogP contribution >= 0.6 is 0 Å². The first-order valence-corrected chi connectivity index (χ1v) is 6.83. The van der Waals surface area contributed by atoms with Crippen LogP contribution in [-0.4, -0.2) is 50.9 Å². The molecular weight excluding hydrogens is 258 g/mol. The molecule has 0 aliphatic heterocycles. The smallest absolute Gasteiger partial charge is 0.270 e. The van der Waals surface area contributed by atoms with Gasteiger partial charge in [0.15, 0.2) is 0 Å². The van der Waals surface area contributed by atoms with E-state index in [2.05, 4.69) is 22.5 Å². The molecule has 0 radical (unpaired) electrons. The maximum atomic E-state index is 11.9. The van der Waals surface area contributed by atoms with Crippen LogP contribution in [0.1, 0.15) is 23.8 Å². The van der Waals surface area contributed by atoms with Gasteiger partial charge in [-0.3, -0.25) is 4.79 Å². The van der Waals surface area contributed by atoms with E-state index in [-0.39, 0.29) is 5.91 Å². The number of rotatable bonds is 10. The van der Waals surface area contributed by atoms with E-state index in [4.69, 9.17) is 9.47 Å². The molecule has 1 aromatic heterocycles. The summed E-state index contributed by atoms with van der Waals surface area (Å²) in [7, 11) is 1.62. The Morgan fingerprint density at radius 1 is 1.25 bits per heavy atom. The van der Waals surface area contributed by atoms with Crippen LogP contribution in [0.25, 0.3) is 0 Å². The van der Waals surface area contributed by atoms with Gasteiger partial charge >= 0.3 is 0 Å². The van der Waals surface area contributed by atoms with E-state index < -0.39 is 0 Å². The van der Waals surface area contributed by atoms with Gasteiger partial charge in [0.2, 0.25) is 0 Å². The third-order valence-corrected chi connectivity index (χ3v) is 2.50. The van der Waals surface area contributed by atoms with Gasteiger partial charge in [-0.1, -0.05) is 13.0 Å². The maximum Gasteiger partial charge on any atom is 0.270 e. The number of pyridine rings is 1. The van der Waals surface area contributed by atoms with Crippen molar-refractivity contribution in [1.29, 1.82) is 0 Å². The largest absolute Gasteiger partial charge is 0.382 e. The number of nitrogens with one attached hydrogen (secondary N) is 2. The highest BCUT2D eigenvalue weighted by Gasteiger charge is 2.06. The molecular formula is C14H23N3O3. The van der Waals surface area contributed by atoms with E-state index in [1.165, 1.54) is 0 Å². The molecule has 0 aliphatic rings. The summed E-state index contributed by atoms with van der Waals surface area (Å²) < 4.78 is 10.1. The van der Waals surface area contributed by atoms with Gasteiger partial charge in [-0.05, 0) is 18.6 Å². The topological polar surface area (TPSA) is 72.5 Å². The zero-order chi connectivity index (χ0) is 14.6. The summed E-state index contributed by atoms with van der Waals surface area (Å²) in [5, 5.41) is 5.91. The van der Waals surface area contributed by atoms with Crippen LogP contribution in [0.3, 0.4) is 0 Å². The molecule has 0 saturated heterocycles. The Morgan fingerprint density at radius 2 is 2.10 bits per heavy atom. The lowest BCUT2D eigenvalue weighted by atomic mass is 10.3. The van der Waals surface area contributed by atoms with Crippen molar-refractivity contribution in [1.82, 2.24) is 10.3 Å². The fourth-order valence-corrected chi connectivity index (χ4v) is 1.48. The number of aromatic nitrogens is 1. The maximum absolute atomic E-state index is 11.9. The van der Waals surface area contributed by atoms with Crippen molar-refractivity contribution in [3.63, 3.8) is 0 Å². The minimum atomic E-state index is -0.194. The van der Waals surface area contributed by atoms with Crippen LogP contribution in [0, 0.1) is 0 Å². The predicted octanol–water partition coefficient (Wildman–Crippen LogP) is 1.30. The van der Waals surface area contributed by atoms with E-state index in [9.17, 15) is 4.79 Å². The zero-order valence-electron chi connectivity index (χ0n) is 12.1. The van der Waals surface area contributed by atoms with Crippen molar-refractivity contribution in [3.8, 4) is 0 Å². The Kier molecular flexibility index (Phi) is 8.33. The third-order valence-electron chi connectivity index (χ3n) is 2.50. The fraction of sp³-hybridized carbons (Fsp3) is 0.571. The van der Waals surface area contributed by atoms with Gasteiger partial charge in [0.05, 0.1) is 19.8 Å². The van der Waals surface area contributed by atoms with Crippen molar-refractivity contribution in [2.24, 2.45) is 0 Å². The van der Waals surface area contributed by atoms with E-state index >= 15 is 0 Å². The third kappa shape index (κ3) is 6.49. The Bertz CT molecular complexity index is 399. The Hall–Kier alpha value is -1.66. The number of anilines is 1.